The number of rotatable bonds is 7. The van der Waals surface area contributed by atoms with E-state index in [2.05, 4.69) is 5.32 Å². The summed E-state index contributed by atoms with van der Waals surface area (Å²) < 4.78 is 10.4. The minimum atomic E-state index is -0.113. The van der Waals surface area contributed by atoms with Crippen molar-refractivity contribution < 1.29 is 14.3 Å². The fourth-order valence-electron chi connectivity index (χ4n) is 2.36. The summed E-state index contributed by atoms with van der Waals surface area (Å²) in [6, 6.07) is 6.00. The number of hydrogen-bond donors (Lipinski definition) is 2. The van der Waals surface area contributed by atoms with E-state index >= 15 is 0 Å². The van der Waals surface area contributed by atoms with Crippen LogP contribution in [0.2, 0.25) is 0 Å². The number of aryl methyl sites for hydroxylation is 1. The summed E-state index contributed by atoms with van der Waals surface area (Å²) in [7, 11) is 1.64. The first-order chi connectivity index (χ1) is 9.70. The predicted octanol–water partition coefficient (Wildman–Crippen LogP) is 1.16. The molecule has 1 amide bonds. The quantitative estimate of drug-likeness (QED) is 0.734. The van der Waals surface area contributed by atoms with Gasteiger partial charge in [0.2, 0.25) is 0 Å². The fourth-order valence-corrected chi connectivity index (χ4v) is 2.36. The van der Waals surface area contributed by atoms with Gasteiger partial charge >= 0.3 is 0 Å². The Morgan fingerprint density at radius 1 is 1.50 bits per heavy atom. The Hall–Kier alpha value is -1.59. The Bertz CT molecular complexity index is 462. The first-order valence-electron chi connectivity index (χ1n) is 6.97. The van der Waals surface area contributed by atoms with E-state index in [1.54, 1.807) is 7.11 Å². The molecule has 1 aliphatic rings. The third-order valence-corrected chi connectivity index (χ3v) is 3.46. The van der Waals surface area contributed by atoms with Crippen molar-refractivity contribution in [2.75, 3.05) is 26.9 Å². The molecule has 0 saturated heterocycles. The van der Waals surface area contributed by atoms with Crippen molar-refractivity contribution in [2.24, 2.45) is 5.73 Å². The minimum Gasteiger partial charge on any atom is -0.484 e. The standard InChI is InChI=1S/C15H22N2O3/c1-19-8-2-7-17-15(18)10-20-12-4-5-13-11(9-12)3-6-14(13)16/h4-5,9,14H,2-3,6-8,10,16H2,1H3,(H,17,18). The van der Waals surface area contributed by atoms with Gasteiger partial charge in [0.1, 0.15) is 5.75 Å². The van der Waals surface area contributed by atoms with E-state index in [4.69, 9.17) is 15.2 Å². The summed E-state index contributed by atoms with van der Waals surface area (Å²) in [5, 5.41) is 2.78. The van der Waals surface area contributed by atoms with Crippen LogP contribution in [-0.4, -0.2) is 32.8 Å². The number of fused-ring (bicyclic) bond motifs is 1. The van der Waals surface area contributed by atoms with Gasteiger partial charge in [-0.15, -0.1) is 0 Å². The predicted molar refractivity (Wildman–Crippen MR) is 76.7 cm³/mol. The van der Waals surface area contributed by atoms with E-state index < -0.39 is 0 Å². The van der Waals surface area contributed by atoms with Crippen LogP contribution in [0.5, 0.6) is 5.75 Å². The van der Waals surface area contributed by atoms with Crippen LogP contribution in [0, 0.1) is 0 Å². The number of carbonyl (C=O) groups is 1. The molecule has 1 aliphatic carbocycles. The number of carbonyl (C=O) groups excluding carboxylic acids is 1. The molecule has 20 heavy (non-hydrogen) atoms. The van der Waals surface area contributed by atoms with Gasteiger partial charge in [0, 0.05) is 26.3 Å². The zero-order valence-corrected chi connectivity index (χ0v) is 11.9. The topological polar surface area (TPSA) is 73.6 Å². The summed E-state index contributed by atoms with van der Waals surface area (Å²) in [5.74, 6) is 0.614. The Balaban J connectivity index is 1.75. The molecule has 3 N–H and O–H groups in total. The Morgan fingerprint density at radius 2 is 2.35 bits per heavy atom. The molecule has 0 bridgehead atoms. The van der Waals surface area contributed by atoms with Crippen molar-refractivity contribution in [3.63, 3.8) is 0 Å². The van der Waals surface area contributed by atoms with Crippen molar-refractivity contribution in [1.29, 1.82) is 0 Å². The van der Waals surface area contributed by atoms with Crippen LogP contribution >= 0.6 is 0 Å². The molecule has 1 aromatic carbocycles. The molecule has 0 radical (unpaired) electrons. The monoisotopic (exact) mass is 278 g/mol. The summed E-state index contributed by atoms with van der Waals surface area (Å²) in [4.78, 5) is 11.6. The summed E-state index contributed by atoms with van der Waals surface area (Å²) >= 11 is 0. The summed E-state index contributed by atoms with van der Waals surface area (Å²) in [6.07, 6.45) is 2.77. The zero-order chi connectivity index (χ0) is 14.4. The fraction of sp³-hybridized carbons (Fsp3) is 0.533. The first kappa shape index (κ1) is 14.8. The molecule has 110 valence electrons. The first-order valence-corrected chi connectivity index (χ1v) is 6.97. The van der Waals surface area contributed by atoms with Crippen LogP contribution in [-0.2, 0) is 16.0 Å². The highest BCUT2D eigenvalue weighted by Gasteiger charge is 2.19. The number of amides is 1. The minimum absolute atomic E-state index is 0.0395. The van der Waals surface area contributed by atoms with E-state index in [9.17, 15) is 4.79 Å². The molecule has 1 aromatic rings. The van der Waals surface area contributed by atoms with Crippen LogP contribution in [0.4, 0.5) is 0 Å². The smallest absolute Gasteiger partial charge is 0.257 e. The second-order valence-corrected chi connectivity index (χ2v) is 4.99. The van der Waals surface area contributed by atoms with Crippen molar-refractivity contribution in [2.45, 2.75) is 25.3 Å². The molecule has 0 saturated carbocycles. The third kappa shape index (κ3) is 3.95. The molecule has 5 nitrogen and oxygen atoms in total. The van der Waals surface area contributed by atoms with Crippen molar-refractivity contribution in [3.8, 4) is 5.75 Å². The van der Waals surface area contributed by atoms with Gasteiger partial charge in [0.05, 0.1) is 0 Å². The molecular weight excluding hydrogens is 256 g/mol. The average Bonchev–Trinajstić information content (AvgIpc) is 2.82. The molecule has 0 fully saturated rings. The molecule has 1 unspecified atom stereocenters. The second-order valence-electron chi connectivity index (χ2n) is 4.99. The van der Waals surface area contributed by atoms with E-state index in [0.717, 1.165) is 25.0 Å². The van der Waals surface area contributed by atoms with Crippen molar-refractivity contribution >= 4 is 5.91 Å². The number of methoxy groups -OCH3 is 1. The third-order valence-electron chi connectivity index (χ3n) is 3.46. The zero-order valence-electron chi connectivity index (χ0n) is 11.9. The van der Waals surface area contributed by atoms with Crippen LogP contribution in [0.25, 0.3) is 0 Å². The number of benzene rings is 1. The molecule has 0 aliphatic heterocycles. The van der Waals surface area contributed by atoms with Gasteiger partial charge in [-0.25, -0.2) is 0 Å². The van der Waals surface area contributed by atoms with E-state index in [-0.39, 0.29) is 18.6 Å². The highest BCUT2D eigenvalue weighted by molar-refractivity contribution is 5.77. The molecule has 0 aromatic heterocycles. The lowest BCUT2D eigenvalue weighted by atomic mass is 10.1. The van der Waals surface area contributed by atoms with E-state index in [1.807, 2.05) is 18.2 Å². The van der Waals surface area contributed by atoms with Crippen LogP contribution in [0.3, 0.4) is 0 Å². The van der Waals surface area contributed by atoms with Gasteiger partial charge in [-0.3, -0.25) is 4.79 Å². The molecule has 1 atom stereocenters. The maximum absolute atomic E-state index is 11.6. The van der Waals surface area contributed by atoms with Gasteiger partial charge in [-0.05, 0) is 42.5 Å². The van der Waals surface area contributed by atoms with Gasteiger partial charge in [-0.1, -0.05) is 6.07 Å². The maximum atomic E-state index is 11.6. The Labute approximate surface area is 119 Å². The number of nitrogens with one attached hydrogen (secondary N) is 1. The molecule has 5 heteroatoms. The number of hydrogen-bond acceptors (Lipinski definition) is 4. The van der Waals surface area contributed by atoms with Gasteiger partial charge in [0.15, 0.2) is 6.61 Å². The molecule has 0 spiro atoms. The lowest BCUT2D eigenvalue weighted by Gasteiger charge is -2.09. The second kappa shape index (κ2) is 7.26. The number of nitrogens with two attached hydrogens (primary N) is 1. The lowest BCUT2D eigenvalue weighted by molar-refractivity contribution is -0.123. The largest absolute Gasteiger partial charge is 0.484 e. The van der Waals surface area contributed by atoms with Crippen LogP contribution < -0.4 is 15.8 Å². The van der Waals surface area contributed by atoms with Gasteiger partial charge < -0.3 is 20.5 Å². The van der Waals surface area contributed by atoms with Gasteiger partial charge in [0.25, 0.3) is 5.91 Å². The SMILES string of the molecule is COCCCNC(=O)COc1ccc2c(c1)CCC2N. The van der Waals surface area contributed by atoms with Crippen LogP contribution in [0.15, 0.2) is 18.2 Å². The molecule has 2 rings (SSSR count). The highest BCUT2D eigenvalue weighted by atomic mass is 16.5. The normalized spacial score (nSPS) is 16.8. The highest BCUT2D eigenvalue weighted by Crippen LogP contribution is 2.31. The maximum Gasteiger partial charge on any atom is 0.257 e. The summed E-state index contributed by atoms with van der Waals surface area (Å²) in [5.41, 5.74) is 8.41. The van der Waals surface area contributed by atoms with E-state index in [1.165, 1.54) is 11.1 Å². The van der Waals surface area contributed by atoms with Crippen molar-refractivity contribution in [1.82, 2.24) is 5.32 Å². The lowest BCUT2D eigenvalue weighted by Crippen LogP contribution is -2.30. The summed E-state index contributed by atoms with van der Waals surface area (Å²) in [6.45, 7) is 1.29. The Kier molecular flexibility index (Phi) is 5.38. The van der Waals surface area contributed by atoms with E-state index in [0.29, 0.717) is 13.2 Å². The average molecular weight is 278 g/mol. The van der Waals surface area contributed by atoms with Crippen LogP contribution in [0.1, 0.15) is 30.0 Å². The van der Waals surface area contributed by atoms with Crippen molar-refractivity contribution in [3.05, 3.63) is 29.3 Å². The van der Waals surface area contributed by atoms with Gasteiger partial charge in [-0.2, -0.15) is 0 Å². The Morgan fingerprint density at radius 3 is 3.15 bits per heavy atom. The molecule has 0 heterocycles. The molecular formula is C15H22N2O3. The number of ether oxygens (including phenoxy) is 2.